The molecule has 0 N–H and O–H groups in total. The lowest BCUT2D eigenvalue weighted by atomic mass is 10.2. The number of nitrogens with zero attached hydrogens (tertiary/aromatic N) is 1. The quantitative estimate of drug-likeness (QED) is 0.737. The summed E-state index contributed by atoms with van der Waals surface area (Å²) >= 11 is 3.07. The van der Waals surface area contributed by atoms with Crippen molar-refractivity contribution in [2.75, 3.05) is 0 Å². The topological polar surface area (TPSA) is 12.9 Å². The first-order valence-electron chi connectivity index (χ1n) is 3.56. The van der Waals surface area contributed by atoms with Gasteiger partial charge >= 0.3 is 0 Å². The van der Waals surface area contributed by atoms with Crippen LogP contribution in [0.3, 0.4) is 0 Å². The number of aryl methyl sites for hydroxylation is 1. The zero-order valence-electron chi connectivity index (χ0n) is 6.82. The van der Waals surface area contributed by atoms with Crippen LogP contribution in [0.25, 0.3) is 0 Å². The molecule has 0 fully saturated rings. The van der Waals surface area contributed by atoms with E-state index in [0.717, 1.165) is 0 Å². The maximum absolute atomic E-state index is 13.0. The van der Waals surface area contributed by atoms with Crippen LogP contribution in [-0.4, -0.2) is 4.98 Å². The minimum Gasteiger partial charge on any atom is -0.248 e. The third kappa shape index (κ3) is 2.21. The summed E-state index contributed by atoms with van der Waals surface area (Å²) in [4.78, 5) is 3.48. The predicted molar refractivity (Wildman–Crippen MR) is 46.5 cm³/mol. The second kappa shape index (κ2) is 4.09. The van der Waals surface area contributed by atoms with E-state index >= 15 is 0 Å². The van der Waals surface area contributed by atoms with Gasteiger partial charge in [0, 0.05) is 5.33 Å². The molecule has 0 aliphatic carbocycles. The summed E-state index contributed by atoms with van der Waals surface area (Å²) in [6, 6.07) is 1.44. The standard InChI is InChI=1S/C8H7BrF3N/c1-4-2-5(3-9)13-7(6(4)10)8(11)12/h2,8H,3H2,1H3. The monoisotopic (exact) mass is 253 g/mol. The van der Waals surface area contributed by atoms with Crippen molar-refractivity contribution in [2.45, 2.75) is 18.7 Å². The molecule has 5 heteroatoms. The van der Waals surface area contributed by atoms with E-state index in [-0.39, 0.29) is 5.56 Å². The van der Waals surface area contributed by atoms with Crippen molar-refractivity contribution < 1.29 is 13.2 Å². The molecule has 0 bridgehead atoms. The second-order valence-electron chi connectivity index (χ2n) is 2.56. The number of halogens is 4. The van der Waals surface area contributed by atoms with Crippen LogP contribution in [0.2, 0.25) is 0 Å². The summed E-state index contributed by atoms with van der Waals surface area (Å²) in [6.45, 7) is 1.44. The molecule has 1 heterocycles. The van der Waals surface area contributed by atoms with E-state index in [0.29, 0.717) is 11.0 Å². The van der Waals surface area contributed by atoms with Crippen LogP contribution in [0, 0.1) is 12.7 Å². The Hall–Kier alpha value is -0.580. The number of hydrogen-bond acceptors (Lipinski definition) is 1. The molecular formula is C8H7BrF3N. The van der Waals surface area contributed by atoms with Crippen molar-refractivity contribution >= 4 is 15.9 Å². The maximum atomic E-state index is 13.0. The van der Waals surface area contributed by atoms with Crippen LogP contribution in [0.4, 0.5) is 13.2 Å². The van der Waals surface area contributed by atoms with Crippen molar-refractivity contribution in [3.63, 3.8) is 0 Å². The summed E-state index contributed by atoms with van der Waals surface area (Å²) in [5.41, 5.74) is -0.164. The molecule has 72 valence electrons. The van der Waals surface area contributed by atoms with Crippen LogP contribution >= 0.6 is 15.9 Å². The largest absolute Gasteiger partial charge is 0.283 e. The summed E-state index contributed by atoms with van der Waals surface area (Å²) < 4.78 is 37.4. The third-order valence-electron chi connectivity index (χ3n) is 1.56. The molecule has 1 aromatic heterocycles. The number of alkyl halides is 3. The molecule has 1 aromatic rings. The predicted octanol–water partition coefficient (Wildman–Crippen LogP) is 3.36. The van der Waals surface area contributed by atoms with E-state index in [2.05, 4.69) is 20.9 Å². The molecular weight excluding hydrogens is 247 g/mol. The molecule has 0 spiro atoms. The Morgan fingerprint density at radius 1 is 1.54 bits per heavy atom. The highest BCUT2D eigenvalue weighted by molar-refractivity contribution is 9.08. The molecule has 0 aliphatic heterocycles. The smallest absolute Gasteiger partial charge is 0.248 e. The summed E-state index contributed by atoms with van der Waals surface area (Å²) in [5.74, 6) is -0.917. The van der Waals surface area contributed by atoms with Crippen molar-refractivity contribution in [1.29, 1.82) is 0 Å². The van der Waals surface area contributed by atoms with E-state index in [9.17, 15) is 13.2 Å². The number of pyridine rings is 1. The molecule has 13 heavy (non-hydrogen) atoms. The Labute approximate surface area is 82.1 Å². The Bertz CT molecular complexity index is 315. The number of hydrogen-bond donors (Lipinski definition) is 0. The fourth-order valence-electron chi connectivity index (χ4n) is 0.964. The first-order valence-corrected chi connectivity index (χ1v) is 4.68. The van der Waals surface area contributed by atoms with Crippen molar-refractivity contribution in [1.82, 2.24) is 4.98 Å². The first-order chi connectivity index (χ1) is 6.06. The van der Waals surface area contributed by atoms with E-state index in [4.69, 9.17) is 0 Å². The summed E-state index contributed by atoms with van der Waals surface area (Å²) in [7, 11) is 0. The summed E-state index contributed by atoms with van der Waals surface area (Å²) in [6.07, 6.45) is -2.86. The van der Waals surface area contributed by atoms with Gasteiger partial charge in [0.1, 0.15) is 5.69 Å². The lowest BCUT2D eigenvalue weighted by Gasteiger charge is -2.05. The number of rotatable bonds is 2. The number of aromatic nitrogens is 1. The van der Waals surface area contributed by atoms with Gasteiger partial charge in [-0.3, -0.25) is 0 Å². The minimum absolute atomic E-state index is 0.194. The normalized spacial score (nSPS) is 10.9. The average Bonchev–Trinajstić information content (AvgIpc) is 2.09. The Morgan fingerprint density at radius 3 is 2.62 bits per heavy atom. The molecule has 0 amide bonds. The molecule has 1 nitrogen and oxygen atoms in total. The Morgan fingerprint density at radius 2 is 2.15 bits per heavy atom. The molecule has 1 rings (SSSR count). The Kier molecular flexibility index (Phi) is 3.30. The van der Waals surface area contributed by atoms with Crippen molar-refractivity contribution in [3.8, 4) is 0 Å². The highest BCUT2D eigenvalue weighted by atomic mass is 79.9. The van der Waals surface area contributed by atoms with Crippen LogP contribution in [0.1, 0.15) is 23.4 Å². The lowest BCUT2D eigenvalue weighted by Crippen LogP contribution is -2.01. The van der Waals surface area contributed by atoms with E-state index in [1.54, 1.807) is 0 Å². The lowest BCUT2D eigenvalue weighted by molar-refractivity contribution is 0.140. The van der Waals surface area contributed by atoms with Gasteiger partial charge in [0.25, 0.3) is 6.43 Å². The fraction of sp³-hybridized carbons (Fsp3) is 0.375. The van der Waals surface area contributed by atoms with Crippen LogP contribution in [0.5, 0.6) is 0 Å². The zero-order valence-corrected chi connectivity index (χ0v) is 8.41. The van der Waals surface area contributed by atoms with Crippen LogP contribution in [-0.2, 0) is 5.33 Å². The fourth-order valence-corrected chi connectivity index (χ4v) is 1.25. The first kappa shape index (κ1) is 10.5. The van der Waals surface area contributed by atoms with Gasteiger partial charge < -0.3 is 0 Å². The molecule has 0 radical (unpaired) electrons. The van der Waals surface area contributed by atoms with Crippen LogP contribution < -0.4 is 0 Å². The van der Waals surface area contributed by atoms with Gasteiger partial charge in [0.2, 0.25) is 0 Å². The van der Waals surface area contributed by atoms with Crippen LogP contribution in [0.15, 0.2) is 6.07 Å². The molecule has 0 atom stereocenters. The van der Waals surface area contributed by atoms with Gasteiger partial charge in [-0.15, -0.1) is 0 Å². The Balaban J connectivity index is 3.25. The van der Waals surface area contributed by atoms with Gasteiger partial charge in [-0.05, 0) is 18.6 Å². The highest BCUT2D eigenvalue weighted by Gasteiger charge is 2.17. The van der Waals surface area contributed by atoms with E-state index < -0.39 is 17.9 Å². The van der Waals surface area contributed by atoms with Gasteiger partial charge in [0.15, 0.2) is 5.82 Å². The van der Waals surface area contributed by atoms with Gasteiger partial charge in [0.05, 0.1) is 5.69 Å². The van der Waals surface area contributed by atoms with Crippen molar-refractivity contribution in [2.24, 2.45) is 0 Å². The molecule has 0 aromatic carbocycles. The minimum atomic E-state index is -2.86. The SMILES string of the molecule is Cc1cc(CBr)nc(C(F)F)c1F. The summed E-state index contributed by atoms with van der Waals surface area (Å²) in [5, 5.41) is 0.341. The van der Waals surface area contributed by atoms with Gasteiger partial charge in [-0.2, -0.15) is 0 Å². The molecule has 0 saturated carbocycles. The highest BCUT2D eigenvalue weighted by Crippen LogP contribution is 2.23. The third-order valence-corrected chi connectivity index (χ3v) is 2.14. The van der Waals surface area contributed by atoms with Gasteiger partial charge in [-0.1, -0.05) is 15.9 Å². The molecule has 0 aliphatic rings. The maximum Gasteiger partial charge on any atom is 0.283 e. The average molecular weight is 254 g/mol. The van der Waals surface area contributed by atoms with E-state index in [1.807, 2.05) is 0 Å². The van der Waals surface area contributed by atoms with E-state index in [1.165, 1.54) is 13.0 Å². The molecule has 0 saturated heterocycles. The second-order valence-corrected chi connectivity index (χ2v) is 3.12. The molecule has 0 unspecified atom stereocenters. The van der Waals surface area contributed by atoms with Crippen molar-refractivity contribution in [3.05, 3.63) is 28.8 Å². The zero-order chi connectivity index (χ0) is 10.0. The van der Waals surface area contributed by atoms with Gasteiger partial charge in [-0.25, -0.2) is 18.2 Å².